The van der Waals surface area contributed by atoms with Crippen LogP contribution in [0.1, 0.15) is 19.4 Å². The van der Waals surface area contributed by atoms with Gasteiger partial charge in [-0.1, -0.05) is 37.3 Å². The molecule has 0 bridgehead atoms. The van der Waals surface area contributed by atoms with Gasteiger partial charge in [-0.3, -0.25) is 0 Å². The number of carbonyl (C=O) groups excluding carboxylic acids is 1. The van der Waals surface area contributed by atoms with E-state index in [1.165, 1.54) is 0 Å². The Balaban J connectivity index is 1.44. The van der Waals surface area contributed by atoms with Crippen molar-refractivity contribution in [2.45, 2.75) is 26.8 Å². The van der Waals surface area contributed by atoms with Gasteiger partial charge in [-0.2, -0.15) is 0 Å². The summed E-state index contributed by atoms with van der Waals surface area (Å²) in [4.78, 5) is 21.7. The molecule has 146 valence electrons. The zero-order chi connectivity index (χ0) is 19.5. The van der Waals surface area contributed by atoms with Crippen molar-refractivity contribution < 1.29 is 4.79 Å². The Labute approximate surface area is 165 Å². The molecule has 2 heterocycles. The Morgan fingerprint density at radius 1 is 1.00 bits per heavy atom. The van der Waals surface area contributed by atoms with Gasteiger partial charge in [0, 0.05) is 38.4 Å². The van der Waals surface area contributed by atoms with Gasteiger partial charge in [-0.15, -0.1) is 0 Å². The summed E-state index contributed by atoms with van der Waals surface area (Å²) in [6.45, 7) is 8.07. The number of hydrogen-bond donors (Lipinski definition) is 1. The number of benzene rings is 2. The topological polar surface area (TPSA) is 53.4 Å². The van der Waals surface area contributed by atoms with Gasteiger partial charge in [0.15, 0.2) is 0 Å². The largest absolute Gasteiger partial charge is 0.339 e. The van der Waals surface area contributed by atoms with Crippen LogP contribution < -0.4 is 10.2 Å². The van der Waals surface area contributed by atoms with Crippen LogP contribution >= 0.6 is 0 Å². The molecule has 1 fully saturated rings. The van der Waals surface area contributed by atoms with E-state index >= 15 is 0 Å². The number of rotatable bonds is 4. The van der Waals surface area contributed by atoms with Crippen LogP contribution in [0.5, 0.6) is 0 Å². The average Bonchev–Trinajstić information content (AvgIpc) is 3.13. The Morgan fingerprint density at radius 3 is 2.46 bits per heavy atom. The van der Waals surface area contributed by atoms with E-state index in [4.69, 9.17) is 4.98 Å². The van der Waals surface area contributed by atoms with E-state index in [0.29, 0.717) is 13.1 Å². The van der Waals surface area contributed by atoms with Crippen molar-refractivity contribution >= 4 is 28.7 Å². The van der Waals surface area contributed by atoms with Gasteiger partial charge in [0.05, 0.1) is 11.0 Å². The molecule has 6 heteroatoms. The van der Waals surface area contributed by atoms with Crippen LogP contribution in [-0.2, 0) is 13.0 Å². The lowest BCUT2D eigenvalue weighted by atomic mass is 10.1. The second-order valence-electron chi connectivity index (χ2n) is 7.06. The highest BCUT2D eigenvalue weighted by atomic mass is 16.2. The lowest BCUT2D eigenvalue weighted by Gasteiger charge is -2.35. The van der Waals surface area contributed by atoms with Crippen LogP contribution in [0.15, 0.2) is 48.5 Å². The number of imidazole rings is 1. The van der Waals surface area contributed by atoms with Crippen LogP contribution in [0.4, 0.5) is 16.4 Å². The van der Waals surface area contributed by atoms with Crippen LogP contribution in [0.2, 0.25) is 0 Å². The SMILES string of the molecule is CCc1ccccc1NC(=O)N1CCN(c2nc3ccccc3n2CC)CC1. The summed E-state index contributed by atoms with van der Waals surface area (Å²) >= 11 is 0. The van der Waals surface area contributed by atoms with Gasteiger partial charge >= 0.3 is 6.03 Å². The molecule has 1 saturated heterocycles. The first-order valence-corrected chi connectivity index (χ1v) is 10.0. The number of piperazine rings is 1. The maximum Gasteiger partial charge on any atom is 0.321 e. The second kappa shape index (κ2) is 7.92. The van der Waals surface area contributed by atoms with Crippen molar-refractivity contribution in [2.24, 2.45) is 0 Å². The Hall–Kier alpha value is -3.02. The minimum Gasteiger partial charge on any atom is -0.339 e. The van der Waals surface area contributed by atoms with E-state index in [2.05, 4.69) is 52.9 Å². The lowest BCUT2D eigenvalue weighted by Crippen LogP contribution is -2.50. The Kier molecular flexibility index (Phi) is 5.19. The normalized spacial score (nSPS) is 14.5. The van der Waals surface area contributed by atoms with Crippen molar-refractivity contribution in [2.75, 3.05) is 36.4 Å². The summed E-state index contributed by atoms with van der Waals surface area (Å²) < 4.78 is 2.25. The number of para-hydroxylation sites is 3. The smallest absolute Gasteiger partial charge is 0.321 e. The molecular formula is C22H27N5O. The van der Waals surface area contributed by atoms with Gasteiger partial charge in [-0.05, 0) is 37.1 Å². The van der Waals surface area contributed by atoms with E-state index in [-0.39, 0.29) is 6.03 Å². The van der Waals surface area contributed by atoms with Gasteiger partial charge in [0.2, 0.25) is 5.95 Å². The fourth-order valence-electron chi connectivity index (χ4n) is 3.87. The second-order valence-corrected chi connectivity index (χ2v) is 7.06. The van der Waals surface area contributed by atoms with Gasteiger partial charge in [-0.25, -0.2) is 9.78 Å². The van der Waals surface area contributed by atoms with Crippen molar-refractivity contribution in [1.82, 2.24) is 14.5 Å². The molecule has 1 N–H and O–H groups in total. The maximum atomic E-state index is 12.7. The number of amides is 2. The third-order valence-corrected chi connectivity index (χ3v) is 5.44. The van der Waals surface area contributed by atoms with Gasteiger partial charge in [0.1, 0.15) is 0 Å². The Bertz CT molecular complexity index is 972. The van der Waals surface area contributed by atoms with Crippen molar-refractivity contribution in [3.63, 3.8) is 0 Å². The molecule has 1 aliphatic heterocycles. The van der Waals surface area contributed by atoms with E-state index in [9.17, 15) is 4.79 Å². The third kappa shape index (κ3) is 3.42. The number of carbonyl (C=O) groups is 1. The van der Waals surface area contributed by atoms with Gasteiger partial charge < -0.3 is 19.7 Å². The number of aromatic nitrogens is 2. The summed E-state index contributed by atoms with van der Waals surface area (Å²) in [5, 5.41) is 3.08. The molecule has 2 amide bonds. The van der Waals surface area contributed by atoms with Crippen LogP contribution in [0.3, 0.4) is 0 Å². The fourth-order valence-corrected chi connectivity index (χ4v) is 3.87. The number of nitrogens with zero attached hydrogens (tertiary/aromatic N) is 4. The first-order valence-electron chi connectivity index (χ1n) is 10.0. The Morgan fingerprint density at radius 2 is 1.71 bits per heavy atom. The molecule has 0 aliphatic carbocycles. The molecule has 0 radical (unpaired) electrons. The van der Waals surface area contributed by atoms with Crippen LogP contribution in [-0.4, -0.2) is 46.7 Å². The predicted octanol–water partition coefficient (Wildman–Crippen LogP) is 3.97. The number of fused-ring (bicyclic) bond motifs is 1. The summed E-state index contributed by atoms with van der Waals surface area (Å²) in [5.41, 5.74) is 4.25. The molecule has 4 rings (SSSR count). The molecule has 28 heavy (non-hydrogen) atoms. The highest BCUT2D eigenvalue weighted by Gasteiger charge is 2.24. The number of nitrogens with one attached hydrogen (secondary N) is 1. The zero-order valence-corrected chi connectivity index (χ0v) is 16.6. The fraction of sp³-hybridized carbons (Fsp3) is 0.364. The highest BCUT2D eigenvalue weighted by Crippen LogP contribution is 2.24. The first kappa shape index (κ1) is 18.3. The summed E-state index contributed by atoms with van der Waals surface area (Å²) in [6.07, 6.45) is 0.900. The number of hydrogen-bond acceptors (Lipinski definition) is 3. The van der Waals surface area contributed by atoms with Gasteiger partial charge in [0.25, 0.3) is 0 Å². The van der Waals surface area contributed by atoms with Crippen LogP contribution in [0, 0.1) is 0 Å². The molecule has 0 saturated carbocycles. The van der Waals surface area contributed by atoms with Crippen LogP contribution in [0.25, 0.3) is 11.0 Å². The monoisotopic (exact) mass is 377 g/mol. The molecule has 2 aromatic carbocycles. The molecule has 3 aromatic rings. The number of urea groups is 1. The first-order chi connectivity index (χ1) is 13.7. The predicted molar refractivity (Wildman–Crippen MR) is 114 cm³/mol. The van der Waals surface area contributed by atoms with E-state index in [1.807, 2.05) is 29.2 Å². The minimum absolute atomic E-state index is 0.0236. The molecule has 1 aromatic heterocycles. The van der Waals surface area contributed by atoms with Crippen molar-refractivity contribution in [3.05, 3.63) is 54.1 Å². The maximum absolute atomic E-state index is 12.7. The minimum atomic E-state index is -0.0236. The summed E-state index contributed by atoms with van der Waals surface area (Å²) in [6, 6.07) is 16.2. The molecule has 6 nitrogen and oxygen atoms in total. The zero-order valence-electron chi connectivity index (χ0n) is 16.6. The quantitative estimate of drug-likeness (QED) is 0.748. The van der Waals surface area contributed by atoms with Crippen molar-refractivity contribution in [3.8, 4) is 0 Å². The van der Waals surface area contributed by atoms with Crippen molar-refractivity contribution in [1.29, 1.82) is 0 Å². The molecular weight excluding hydrogens is 350 g/mol. The third-order valence-electron chi connectivity index (χ3n) is 5.44. The number of aryl methyl sites for hydroxylation is 2. The van der Waals surface area contributed by atoms with E-state index in [1.54, 1.807) is 0 Å². The van der Waals surface area contributed by atoms with E-state index in [0.717, 1.165) is 54.3 Å². The summed E-state index contributed by atoms with van der Waals surface area (Å²) in [7, 11) is 0. The summed E-state index contributed by atoms with van der Waals surface area (Å²) in [5.74, 6) is 1.00. The molecule has 0 atom stereocenters. The standard InChI is InChI=1S/C22H27N5O/c1-3-17-9-5-6-10-18(17)24-22(28)26-15-13-25(14-16-26)21-23-19-11-7-8-12-20(19)27(21)4-2/h5-12H,3-4,13-16H2,1-2H3,(H,24,28). The molecule has 0 spiro atoms. The number of anilines is 2. The lowest BCUT2D eigenvalue weighted by molar-refractivity contribution is 0.208. The average molecular weight is 377 g/mol. The van der Waals surface area contributed by atoms with E-state index < -0.39 is 0 Å². The molecule has 0 unspecified atom stereocenters. The highest BCUT2D eigenvalue weighted by molar-refractivity contribution is 5.90. The molecule has 1 aliphatic rings.